The van der Waals surface area contributed by atoms with Crippen molar-refractivity contribution in [2.75, 3.05) is 17.7 Å². The topological polar surface area (TPSA) is 42.1 Å². The second-order valence-electron chi connectivity index (χ2n) is 3.99. The predicted molar refractivity (Wildman–Crippen MR) is 61.8 cm³/mol. The van der Waals surface area contributed by atoms with E-state index >= 15 is 0 Å². The number of hydrogen-bond donors (Lipinski definition) is 1. The standard InChI is InChI=1S/C10H17N3S/c1-13(8-5-3-2-4-6-8)10-7-9(11)12-14-10/h7-8H,2-6H2,1H3,(H2,11,12). The SMILES string of the molecule is CN(c1cc(N)ns1)C1CCCCC1. The van der Waals surface area contributed by atoms with Crippen molar-refractivity contribution >= 4 is 22.4 Å². The van der Waals surface area contributed by atoms with Crippen molar-refractivity contribution in [3.63, 3.8) is 0 Å². The van der Waals surface area contributed by atoms with Crippen molar-refractivity contribution in [3.8, 4) is 0 Å². The third-order valence-electron chi connectivity index (χ3n) is 2.99. The molecule has 0 saturated heterocycles. The molecule has 0 aliphatic heterocycles. The summed E-state index contributed by atoms with van der Waals surface area (Å²) in [7, 11) is 2.16. The van der Waals surface area contributed by atoms with E-state index in [4.69, 9.17) is 5.73 Å². The average Bonchev–Trinajstić information content (AvgIpc) is 2.65. The highest BCUT2D eigenvalue weighted by Crippen LogP contribution is 2.29. The van der Waals surface area contributed by atoms with Crippen molar-refractivity contribution in [1.82, 2.24) is 4.37 Å². The molecule has 3 nitrogen and oxygen atoms in total. The molecule has 0 amide bonds. The number of rotatable bonds is 2. The van der Waals surface area contributed by atoms with Crippen molar-refractivity contribution in [2.24, 2.45) is 0 Å². The monoisotopic (exact) mass is 211 g/mol. The van der Waals surface area contributed by atoms with Crippen LogP contribution in [0.25, 0.3) is 0 Å². The zero-order valence-corrected chi connectivity index (χ0v) is 9.39. The Bertz CT molecular complexity index is 291. The fourth-order valence-electron chi connectivity index (χ4n) is 2.09. The van der Waals surface area contributed by atoms with E-state index in [0.29, 0.717) is 11.9 Å². The smallest absolute Gasteiger partial charge is 0.139 e. The molecule has 2 rings (SSSR count). The lowest BCUT2D eigenvalue weighted by Gasteiger charge is -2.31. The molecule has 1 aliphatic carbocycles. The Balaban J connectivity index is 2.03. The van der Waals surface area contributed by atoms with Crippen LogP contribution in [-0.2, 0) is 0 Å². The summed E-state index contributed by atoms with van der Waals surface area (Å²) in [6.45, 7) is 0. The zero-order valence-electron chi connectivity index (χ0n) is 8.57. The Labute approximate surface area is 89.1 Å². The Hall–Kier alpha value is -0.770. The van der Waals surface area contributed by atoms with Crippen molar-refractivity contribution in [2.45, 2.75) is 38.1 Å². The zero-order chi connectivity index (χ0) is 9.97. The van der Waals surface area contributed by atoms with Gasteiger partial charge in [0, 0.05) is 19.2 Å². The lowest BCUT2D eigenvalue weighted by molar-refractivity contribution is 0.429. The lowest BCUT2D eigenvalue weighted by Crippen LogP contribution is -2.32. The second kappa shape index (κ2) is 4.17. The molecule has 4 heteroatoms. The molecule has 0 radical (unpaired) electrons. The third-order valence-corrected chi connectivity index (χ3v) is 3.88. The number of nitrogen functional groups attached to an aromatic ring is 1. The van der Waals surface area contributed by atoms with Crippen LogP contribution in [0.2, 0.25) is 0 Å². The molecule has 1 aromatic heterocycles. The number of nitrogens with two attached hydrogens (primary N) is 1. The van der Waals surface area contributed by atoms with E-state index in [1.54, 1.807) is 0 Å². The molecule has 0 aromatic carbocycles. The Kier molecular flexibility index (Phi) is 2.91. The summed E-state index contributed by atoms with van der Waals surface area (Å²) in [4.78, 5) is 2.34. The molecule has 1 aliphatic rings. The molecule has 1 fully saturated rings. The van der Waals surface area contributed by atoms with E-state index in [1.807, 2.05) is 6.07 Å². The predicted octanol–water partition coefficient (Wildman–Crippen LogP) is 2.49. The minimum absolute atomic E-state index is 0.646. The minimum Gasteiger partial charge on any atom is -0.383 e. The number of aromatic nitrogens is 1. The maximum absolute atomic E-state index is 5.62. The van der Waals surface area contributed by atoms with Crippen molar-refractivity contribution in [3.05, 3.63) is 6.07 Å². The molecule has 1 heterocycles. The van der Waals surface area contributed by atoms with Gasteiger partial charge in [-0.3, -0.25) is 0 Å². The summed E-state index contributed by atoms with van der Waals surface area (Å²) >= 11 is 1.50. The Morgan fingerprint density at radius 2 is 2.14 bits per heavy atom. The van der Waals surface area contributed by atoms with Crippen LogP contribution < -0.4 is 10.6 Å². The molecular weight excluding hydrogens is 194 g/mol. The first-order valence-electron chi connectivity index (χ1n) is 5.22. The van der Waals surface area contributed by atoms with Crippen LogP contribution in [0.15, 0.2) is 6.07 Å². The fourth-order valence-corrected chi connectivity index (χ4v) is 2.80. The highest BCUT2D eigenvalue weighted by Gasteiger charge is 2.19. The van der Waals surface area contributed by atoms with Crippen LogP contribution >= 0.6 is 11.5 Å². The van der Waals surface area contributed by atoms with Gasteiger partial charge in [0.1, 0.15) is 10.8 Å². The van der Waals surface area contributed by atoms with Gasteiger partial charge in [-0.1, -0.05) is 19.3 Å². The first-order chi connectivity index (χ1) is 6.77. The van der Waals surface area contributed by atoms with Crippen molar-refractivity contribution in [1.29, 1.82) is 0 Å². The van der Waals surface area contributed by atoms with Crippen LogP contribution in [0.5, 0.6) is 0 Å². The summed E-state index contributed by atoms with van der Waals surface area (Å²) < 4.78 is 4.11. The molecule has 14 heavy (non-hydrogen) atoms. The van der Waals surface area contributed by atoms with Gasteiger partial charge in [-0.2, -0.15) is 4.37 Å². The summed E-state index contributed by atoms with van der Waals surface area (Å²) in [6, 6.07) is 2.67. The van der Waals surface area contributed by atoms with Crippen LogP contribution in [0.3, 0.4) is 0 Å². The van der Waals surface area contributed by atoms with E-state index in [-0.39, 0.29) is 0 Å². The van der Waals surface area contributed by atoms with Crippen LogP contribution in [0.4, 0.5) is 10.8 Å². The van der Waals surface area contributed by atoms with Crippen LogP contribution in [-0.4, -0.2) is 17.5 Å². The molecule has 1 aromatic rings. The van der Waals surface area contributed by atoms with Gasteiger partial charge in [0.05, 0.1) is 0 Å². The molecule has 0 spiro atoms. The number of nitrogens with zero attached hydrogens (tertiary/aromatic N) is 2. The molecule has 1 saturated carbocycles. The van der Waals surface area contributed by atoms with Gasteiger partial charge >= 0.3 is 0 Å². The summed E-state index contributed by atoms with van der Waals surface area (Å²) in [5, 5.41) is 1.20. The second-order valence-corrected chi connectivity index (χ2v) is 4.78. The summed E-state index contributed by atoms with van der Waals surface area (Å²) in [5.41, 5.74) is 5.62. The first-order valence-corrected chi connectivity index (χ1v) is 6.00. The molecule has 0 atom stereocenters. The minimum atomic E-state index is 0.646. The Morgan fingerprint density at radius 1 is 1.43 bits per heavy atom. The maximum atomic E-state index is 5.62. The first kappa shape index (κ1) is 9.77. The van der Waals surface area contributed by atoms with E-state index in [1.165, 1.54) is 48.6 Å². The average molecular weight is 211 g/mol. The summed E-state index contributed by atoms with van der Waals surface area (Å²) in [6.07, 6.45) is 6.75. The molecular formula is C10H17N3S. The third kappa shape index (κ3) is 2.00. The van der Waals surface area contributed by atoms with E-state index in [2.05, 4.69) is 16.3 Å². The molecule has 2 N–H and O–H groups in total. The maximum Gasteiger partial charge on any atom is 0.139 e. The van der Waals surface area contributed by atoms with Gasteiger partial charge in [-0.25, -0.2) is 0 Å². The Morgan fingerprint density at radius 3 is 2.71 bits per heavy atom. The molecule has 0 bridgehead atoms. The van der Waals surface area contributed by atoms with Gasteiger partial charge < -0.3 is 10.6 Å². The van der Waals surface area contributed by atoms with E-state index < -0.39 is 0 Å². The van der Waals surface area contributed by atoms with Gasteiger partial charge in [-0.15, -0.1) is 0 Å². The van der Waals surface area contributed by atoms with Gasteiger partial charge in [0.25, 0.3) is 0 Å². The fraction of sp³-hybridized carbons (Fsp3) is 0.700. The van der Waals surface area contributed by atoms with Gasteiger partial charge in [0.15, 0.2) is 0 Å². The van der Waals surface area contributed by atoms with Gasteiger partial charge in [-0.05, 0) is 24.4 Å². The number of hydrogen-bond acceptors (Lipinski definition) is 4. The highest BCUT2D eigenvalue weighted by molar-refractivity contribution is 7.10. The highest BCUT2D eigenvalue weighted by atomic mass is 32.1. The molecule has 78 valence electrons. The lowest BCUT2D eigenvalue weighted by atomic mass is 9.95. The van der Waals surface area contributed by atoms with Crippen LogP contribution in [0, 0.1) is 0 Å². The quantitative estimate of drug-likeness (QED) is 0.817. The van der Waals surface area contributed by atoms with E-state index in [0.717, 1.165) is 0 Å². The van der Waals surface area contributed by atoms with E-state index in [9.17, 15) is 0 Å². The largest absolute Gasteiger partial charge is 0.383 e. The molecule has 0 unspecified atom stereocenters. The number of anilines is 2. The van der Waals surface area contributed by atoms with Gasteiger partial charge in [0.2, 0.25) is 0 Å². The van der Waals surface area contributed by atoms with Crippen molar-refractivity contribution < 1.29 is 0 Å². The van der Waals surface area contributed by atoms with Crippen LogP contribution in [0.1, 0.15) is 32.1 Å². The normalized spacial score (nSPS) is 18.4. The summed E-state index contributed by atoms with van der Waals surface area (Å²) in [5.74, 6) is 0.646.